The molecule has 2 rings (SSSR count). The molecule has 21 heavy (non-hydrogen) atoms. The Kier molecular flexibility index (Phi) is 4.83. The number of hydrogen-bond acceptors (Lipinski definition) is 2. The molecule has 0 radical (unpaired) electrons. The summed E-state index contributed by atoms with van der Waals surface area (Å²) in [5.41, 5.74) is 2.48. The van der Waals surface area contributed by atoms with E-state index in [9.17, 15) is 8.78 Å². The summed E-state index contributed by atoms with van der Waals surface area (Å²) in [4.78, 5) is 0. The number of ether oxygens (including phenoxy) is 1. The van der Waals surface area contributed by atoms with Gasteiger partial charge in [0.2, 0.25) is 0 Å². The third kappa shape index (κ3) is 3.53. The fourth-order valence-electron chi connectivity index (χ4n) is 2.06. The molecule has 0 heterocycles. The van der Waals surface area contributed by atoms with Crippen molar-refractivity contribution < 1.29 is 13.5 Å². The fraction of sp³-hybridized carbons (Fsp3) is 0.250. The molecule has 5 heteroatoms. The average molecular weight is 356 g/mol. The fourth-order valence-corrected chi connectivity index (χ4v) is 2.52. The molecule has 2 aromatic carbocycles. The summed E-state index contributed by atoms with van der Waals surface area (Å²) in [6.07, 6.45) is 0. The molecule has 2 aromatic rings. The molecular formula is C16H16BrF2NO. The van der Waals surface area contributed by atoms with Crippen LogP contribution < -0.4 is 10.1 Å². The zero-order valence-electron chi connectivity index (χ0n) is 12.0. The van der Waals surface area contributed by atoms with Crippen molar-refractivity contribution in [3.63, 3.8) is 0 Å². The molecule has 0 saturated carbocycles. The quantitative estimate of drug-likeness (QED) is 0.811. The molecule has 0 spiro atoms. The lowest BCUT2D eigenvalue weighted by atomic mass is 10.1. The summed E-state index contributed by atoms with van der Waals surface area (Å²) >= 11 is 3.16. The highest BCUT2D eigenvalue weighted by Crippen LogP contribution is 2.29. The molecule has 0 aliphatic rings. The lowest BCUT2D eigenvalue weighted by Gasteiger charge is -2.18. The minimum Gasteiger partial charge on any atom is -0.494 e. The molecular weight excluding hydrogens is 340 g/mol. The van der Waals surface area contributed by atoms with E-state index in [4.69, 9.17) is 4.74 Å². The lowest BCUT2D eigenvalue weighted by molar-refractivity contribution is 0.385. The van der Waals surface area contributed by atoms with Crippen molar-refractivity contribution in [1.29, 1.82) is 0 Å². The van der Waals surface area contributed by atoms with Gasteiger partial charge in [0.15, 0.2) is 11.6 Å². The van der Waals surface area contributed by atoms with Gasteiger partial charge in [-0.1, -0.05) is 6.07 Å². The molecule has 0 bridgehead atoms. The van der Waals surface area contributed by atoms with E-state index >= 15 is 0 Å². The smallest absolute Gasteiger partial charge is 0.165 e. The van der Waals surface area contributed by atoms with Gasteiger partial charge in [-0.2, -0.15) is 0 Å². The molecule has 112 valence electrons. The first-order valence-corrected chi connectivity index (χ1v) is 7.27. The maximum atomic E-state index is 13.6. The van der Waals surface area contributed by atoms with Gasteiger partial charge < -0.3 is 10.1 Å². The van der Waals surface area contributed by atoms with Crippen LogP contribution in [-0.4, -0.2) is 7.11 Å². The monoisotopic (exact) mass is 355 g/mol. The number of benzene rings is 2. The Bertz CT molecular complexity index is 661. The molecule has 0 fully saturated rings. The van der Waals surface area contributed by atoms with Crippen LogP contribution >= 0.6 is 15.9 Å². The number of rotatable bonds is 4. The van der Waals surface area contributed by atoms with Gasteiger partial charge >= 0.3 is 0 Å². The minimum absolute atomic E-state index is 0.112. The second-order valence-corrected chi connectivity index (χ2v) is 5.70. The molecule has 0 aliphatic heterocycles. The Balaban J connectivity index is 2.25. The van der Waals surface area contributed by atoms with Crippen LogP contribution in [0.1, 0.15) is 24.1 Å². The molecule has 1 atom stereocenters. The van der Waals surface area contributed by atoms with Gasteiger partial charge in [0.25, 0.3) is 0 Å². The molecule has 1 N–H and O–H groups in total. The Labute approximate surface area is 131 Å². The first kappa shape index (κ1) is 15.8. The largest absolute Gasteiger partial charge is 0.494 e. The predicted molar refractivity (Wildman–Crippen MR) is 83.8 cm³/mol. The summed E-state index contributed by atoms with van der Waals surface area (Å²) in [7, 11) is 1.43. The van der Waals surface area contributed by atoms with Crippen molar-refractivity contribution >= 4 is 21.6 Å². The number of anilines is 1. The van der Waals surface area contributed by atoms with E-state index in [1.54, 1.807) is 18.2 Å². The first-order chi connectivity index (χ1) is 9.92. The highest BCUT2D eigenvalue weighted by atomic mass is 79.9. The summed E-state index contributed by atoms with van der Waals surface area (Å²) < 4.78 is 32.5. The standard InChI is InChI=1S/C16H16BrF2NO/c1-9-6-12(17)14(19)8-15(9)20-10(2)11-4-5-13(18)16(7-11)21-3/h4-8,10,20H,1-3H3. The Morgan fingerprint density at radius 3 is 2.52 bits per heavy atom. The second-order valence-electron chi connectivity index (χ2n) is 4.84. The van der Waals surface area contributed by atoms with Crippen LogP contribution in [0.25, 0.3) is 0 Å². The van der Waals surface area contributed by atoms with Crippen molar-refractivity contribution in [2.24, 2.45) is 0 Å². The normalized spacial score (nSPS) is 12.1. The molecule has 0 aliphatic carbocycles. The Morgan fingerprint density at radius 1 is 1.14 bits per heavy atom. The van der Waals surface area contributed by atoms with Gasteiger partial charge in [-0.3, -0.25) is 0 Å². The van der Waals surface area contributed by atoms with Crippen LogP contribution in [0.5, 0.6) is 5.75 Å². The summed E-state index contributed by atoms with van der Waals surface area (Å²) in [6, 6.07) is 7.73. The van der Waals surface area contributed by atoms with E-state index in [-0.39, 0.29) is 17.6 Å². The van der Waals surface area contributed by atoms with Crippen molar-refractivity contribution in [3.8, 4) is 5.75 Å². The van der Waals surface area contributed by atoms with Crippen molar-refractivity contribution in [1.82, 2.24) is 0 Å². The first-order valence-electron chi connectivity index (χ1n) is 6.48. The number of methoxy groups -OCH3 is 1. The molecule has 0 amide bonds. The second kappa shape index (κ2) is 6.43. The van der Waals surface area contributed by atoms with E-state index in [0.29, 0.717) is 10.2 Å². The van der Waals surface area contributed by atoms with E-state index < -0.39 is 5.82 Å². The van der Waals surface area contributed by atoms with E-state index in [0.717, 1.165) is 11.1 Å². The van der Waals surface area contributed by atoms with Crippen LogP contribution in [0.3, 0.4) is 0 Å². The van der Waals surface area contributed by atoms with Crippen molar-refractivity contribution in [3.05, 3.63) is 57.6 Å². The van der Waals surface area contributed by atoms with E-state index in [1.807, 2.05) is 13.8 Å². The van der Waals surface area contributed by atoms with Crippen LogP contribution in [0.15, 0.2) is 34.8 Å². The van der Waals surface area contributed by atoms with Crippen LogP contribution in [0, 0.1) is 18.6 Å². The average Bonchev–Trinajstić information content (AvgIpc) is 2.45. The van der Waals surface area contributed by atoms with Crippen molar-refractivity contribution in [2.45, 2.75) is 19.9 Å². The van der Waals surface area contributed by atoms with Crippen LogP contribution in [-0.2, 0) is 0 Å². The van der Waals surface area contributed by atoms with Gasteiger partial charge in [0, 0.05) is 11.7 Å². The number of halogens is 3. The summed E-state index contributed by atoms with van der Waals surface area (Å²) in [5.74, 6) is -0.536. The SMILES string of the molecule is COc1cc(C(C)Nc2cc(F)c(Br)cc2C)ccc1F. The third-order valence-corrected chi connectivity index (χ3v) is 3.92. The van der Waals surface area contributed by atoms with Gasteiger partial charge in [-0.05, 0) is 65.2 Å². The Morgan fingerprint density at radius 2 is 1.86 bits per heavy atom. The summed E-state index contributed by atoms with van der Waals surface area (Å²) in [5, 5.41) is 3.23. The Hall–Kier alpha value is -1.62. The van der Waals surface area contributed by atoms with Gasteiger partial charge in [0.1, 0.15) is 5.82 Å². The molecule has 0 aromatic heterocycles. The zero-order valence-corrected chi connectivity index (χ0v) is 13.6. The van der Waals surface area contributed by atoms with Crippen LogP contribution in [0.2, 0.25) is 0 Å². The van der Waals surface area contributed by atoms with E-state index in [1.165, 1.54) is 19.2 Å². The van der Waals surface area contributed by atoms with Gasteiger partial charge in [-0.25, -0.2) is 8.78 Å². The number of aryl methyl sites for hydroxylation is 1. The lowest BCUT2D eigenvalue weighted by Crippen LogP contribution is -2.08. The molecule has 1 unspecified atom stereocenters. The maximum Gasteiger partial charge on any atom is 0.165 e. The highest BCUT2D eigenvalue weighted by Gasteiger charge is 2.12. The predicted octanol–water partition coefficient (Wildman–Crippen LogP) is 5.22. The van der Waals surface area contributed by atoms with E-state index in [2.05, 4.69) is 21.2 Å². The third-order valence-electron chi connectivity index (χ3n) is 3.31. The maximum absolute atomic E-state index is 13.6. The topological polar surface area (TPSA) is 21.3 Å². The van der Waals surface area contributed by atoms with Gasteiger partial charge in [0.05, 0.1) is 11.6 Å². The molecule has 2 nitrogen and oxygen atoms in total. The summed E-state index contributed by atoms with van der Waals surface area (Å²) in [6.45, 7) is 3.82. The van der Waals surface area contributed by atoms with Crippen molar-refractivity contribution in [2.75, 3.05) is 12.4 Å². The number of hydrogen-bond donors (Lipinski definition) is 1. The highest BCUT2D eigenvalue weighted by molar-refractivity contribution is 9.10. The number of nitrogens with one attached hydrogen (secondary N) is 1. The minimum atomic E-state index is -0.403. The van der Waals surface area contributed by atoms with Crippen LogP contribution in [0.4, 0.5) is 14.5 Å². The molecule has 0 saturated heterocycles. The van der Waals surface area contributed by atoms with Gasteiger partial charge in [-0.15, -0.1) is 0 Å². The zero-order chi connectivity index (χ0) is 15.6.